The van der Waals surface area contributed by atoms with Gasteiger partial charge in [0.15, 0.2) is 0 Å². The second-order valence-corrected chi connectivity index (χ2v) is 10.0. The summed E-state index contributed by atoms with van der Waals surface area (Å²) in [4.78, 5) is 14.8. The van der Waals surface area contributed by atoms with Gasteiger partial charge in [-0.25, -0.2) is 8.42 Å². The molecule has 4 rings (SSSR count). The van der Waals surface area contributed by atoms with Crippen LogP contribution in [0.25, 0.3) is 0 Å². The van der Waals surface area contributed by atoms with Gasteiger partial charge in [-0.1, -0.05) is 11.2 Å². The maximum Gasteiger partial charge on any atom is 0.243 e. The number of rotatable bonds is 5. The van der Waals surface area contributed by atoms with Crippen molar-refractivity contribution in [2.24, 2.45) is 5.92 Å². The first kappa shape index (κ1) is 20.1. The number of aromatic nitrogens is 1. The van der Waals surface area contributed by atoms with Crippen molar-refractivity contribution >= 4 is 15.9 Å². The summed E-state index contributed by atoms with van der Waals surface area (Å²) in [7, 11) is -1.76. The van der Waals surface area contributed by atoms with Crippen molar-refractivity contribution in [1.29, 1.82) is 0 Å². The molecule has 0 unspecified atom stereocenters. The molecule has 1 aliphatic carbocycles. The lowest BCUT2D eigenvalue weighted by Crippen LogP contribution is -2.43. The summed E-state index contributed by atoms with van der Waals surface area (Å²) in [6.07, 6.45) is 4.14. The van der Waals surface area contributed by atoms with Crippen LogP contribution in [0.5, 0.6) is 0 Å². The first-order valence-corrected chi connectivity index (χ1v) is 11.6. The smallest absolute Gasteiger partial charge is 0.243 e. The standard InChI is InChI=1S/C21H27N3O4S/c1-15-12-19(22-28-15)14-23(2)21(25)17-8-10-24(11-9-17)29(26,27)20-7-6-16-4-3-5-18(16)13-20/h6-7,12-13,17H,3-5,8-11,14H2,1-2H3. The van der Waals surface area contributed by atoms with E-state index in [4.69, 9.17) is 4.52 Å². The monoisotopic (exact) mass is 417 g/mol. The molecule has 156 valence electrons. The SMILES string of the molecule is Cc1cc(CN(C)C(=O)C2CCN(S(=O)(=O)c3ccc4c(c3)CCC4)CC2)no1. The van der Waals surface area contributed by atoms with Gasteiger partial charge in [-0.3, -0.25) is 4.79 Å². The molecule has 1 aromatic carbocycles. The third kappa shape index (κ3) is 4.09. The molecule has 1 amide bonds. The largest absolute Gasteiger partial charge is 0.361 e. The Balaban J connectivity index is 1.37. The molecule has 7 nitrogen and oxygen atoms in total. The van der Waals surface area contributed by atoms with Crippen molar-refractivity contribution in [3.63, 3.8) is 0 Å². The van der Waals surface area contributed by atoms with E-state index in [-0.39, 0.29) is 11.8 Å². The fourth-order valence-electron chi connectivity index (χ4n) is 4.33. The van der Waals surface area contributed by atoms with Crippen LogP contribution in [0, 0.1) is 12.8 Å². The van der Waals surface area contributed by atoms with Crippen LogP contribution in [0.15, 0.2) is 33.7 Å². The molecule has 2 aliphatic rings. The van der Waals surface area contributed by atoms with Crippen LogP contribution < -0.4 is 0 Å². The fraction of sp³-hybridized carbons (Fsp3) is 0.524. The van der Waals surface area contributed by atoms with E-state index in [1.54, 1.807) is 18.0 Å². The molecule has 0 atom stereocenters. The molecular weight excluding hydrogens is 390 g/mol. The summed E-state index contributed by atoms with van der Waals surface area (Å²) in [5.74, 6) is 0.575. The van der Waals surface area contributed by atoms with Crippen molar-refractivity contribution in [1.82, 2.24) is 14.4 Å². The first-order chi connectivity index (χ1) is 13.8. The Morgan fingerprint density at radius 1 is 1.21 bits per heavy atom. The van der Waals surface area contributed by atoms with Crippen LogP contribution >= 0.6 is 0 Å². The van der Waals surface area contributed by atoms with E-state index in [1.807, 2.05) is 25.1 Å². The molecule has 0 bridgehead atoms. The Morgan fingerprint density at radius 3 is 2.62 bits per heavy atom. The summed E-state index contributed by atoms with van der Waals surface area (Å²) < 4.78 is 32.7. The fourth-order valence-corrected chi connectivity index (χ4v) is 5.85. The average molecular weight is 418 g/mol. The predicted octanol–water partition coefficient (Wildman–Crippen LogP) is 2.53. The number of amides is 1. The highest BCUT2D eigenvalue weighted by atomic mass is 32.2. The summed E-state index contributed by atoms with van der Waals surface area (Å²) in [5.41, 5.74) is 3.13. The number of hydrogen-bond acceptors (Lipinski definition) is 5. The highest BCUT2D eigenvalue weighted by molar-refractivity contribution is 7.89. The molecule has 0 N–H and O–H groups in total. The molecule has 0 spiro atoms. The topological polar surface area (TPSA) is 83.7 Å². The average Bonchev–Trinajstić information content (AvgIpc) is 3.35. The Hall–Kier alpha value is -2.19. The minimum Gasteiger partial charge on any atom is -0.361 e. The molecule has 2 heterocycles. The van der Waals surface area contributed by atoms with E-state index < -0.39 is 10.0 Å². The van der Waals surface area contributed by atoms with Gasteiger partial charge in [0.1, 0.15) is 11.5 Å². The number of nitrogens with zero attached hydrogens (tertiary/aromatic N) is 3. The Bertz CT molecular complexity index is 1010. The second kappa shape index (κ2) is 7.91. The van der Waals surface area contributed by atoms with E-state index in [9.17, 15) is 13.2 Å². The Kier molecular flexibility index (Phi) is 5.48. The molecule has 0 saturated carbocycles. The third-order valence-electron chi connectivity index (χ3n) is 5.96. The zero-order chi connectivity index (χ0) is 20.6. The molecule has 1 saturated heterocycles. The van der Waals surface area contributed by atoms with Crippen LogP contribution in [-0.2, 0) is 34.2 Å². The normalized spacial score (nSPS) is 18.0. The van der Waals surface area contributed by atoms with Crippen molar-refractivity contribution in [3.8, 4) is 0 Å². The predicted molar refractivity (Wildman–Crippen MR) is 108 cm³/mol. The lowest BCUT2D eigenvalue weighted by Gasteiger charge is -2.32. The molecule has 2 aromatic rings. The number of carbonyl (C=O) groups is 1. The maximum absolute atomic E-state index is 13.1. The molecule has 8 heteroatoms. The molecule has 29 heavy (non-hydrogen) atoms. The molecule has 1 aromatic heterocycles. The third-order valence-corrected chi connectivity index (χ3v) is 7.86. The van der Waals surface area contributed by atoms with Gasteiger partial charge in [-0.2, -0.15) is 4.31 Å². The zero-order valence-electron chi connectivity index (χ0n) is 16.9. The molecular formula is C21H27N3O4S. The minimum absolute atomic E-state index is 0.0280. The zero-order valence-corrected chi connectivity index (χ0v) is 17.7. The van der Waals surface area contributed by atoms with Gasteiger partial charge in [0, 0.05) is 32.1 Å². The highest BCUT2D eigenvalue weighted by Gasteiger charge is 2.33. The first-order valence-electron chi connectivity index (χ1n) is 10.1. The van der Waals surface area contributed by atoms with Gasteiger partial charge >= 0.3 is 0 Å². The highest BCUT2D eigenvalue weighted by Crippen LogP contribution is 2.29. The number of piperidine rings is 1. The van der Waals surface area contributed by atoms with Crippen molar-refractivity contribution in [3.05, 3.63) is 46.8 Å². The van der Waals surface area contributed by atoms with Crippen LogP contribution in [0.3, 0.4) is 0 Å². The van der Waals surface area contributed by atoms with Gasteiger partial charge in [0.2, 0.25) is 15.9 Å². The van der Waals surface area contributed by atoms with Crippen LogP contribution in [0.4, 0.5) is 0 Å². The van der Waals surface area contributed by atoms with Gasteiger partial charge in [0.05, 0.1) is 11.4 Å². The van der Waals surface area contributed by atoms with Crippen molar-refractivity contribution in [2.75, 3.05) is 20.1 Å². The Morgan fingerprint density at radius 2 is 1.93 bits per heavy atom. The maximum atomic E-state index is 13.1. The number of fused-ring (bicyclic) bond motifs is 1. The molecule has 1 fully saturated rings. The number of hydrogen-bond donors (Lipinski definition) is 0. The molecule has 0 radical (unpaired) electrons. The number of sulfonamides is 1. The summed E-state index contributed by atoms with van der Waals surface area (Å²) in [6, 6.07) is 7.33. The minimum atomic E-state index is -3.51. The summed E-state index contributed by atoms with van der Waals surface area (Å²) in [6.45, 7) is 2.94. The Labute approximate surface area is 171 Å². The van der Waals surface area contributed by atoms with Gasteiger partial charge in [0.25, 0.3) is 0 Å². The van der Waals surface area contributed by atoms with Crippen LogP contribution in [0.1, 0.15) is 41.8 Å². The number of carbonyl (C=O) groups excluding carboxylic acids is 1. The summed E-state index contributed by atoms with van der Waals surface area (Å²) >= 11 is 0. The summed E-state index contributed by atoms with van der Waals surface area (Å²) in [5, 5.41) is 3.93. The number of aryl methyl sites for hydroxylation is 3. The van der Waals surface area contributed by atoms with E-state index in [2.05, 4.69) is 5.16 Å². The second-order valence-electron chi connectivity index (χ2n) is 8.09. The lowest BCUT2D eigenvalue weighted by molar-refractivity contribution is -0.136. The van der Waals surface area contributed by atoms with Gasteiger partial charge < -0.3 is 9.42 Å². The number of benzene rings is 1. The molecule has 1 aliphatic heterocycles. The van der Waals surface area contributed by atoms with E-state index in [1.165, 1.54) is 9.87 Å². The van der Waals surface area contributed by atoms with Gasteiger partial charge in [-0.05, 0) is 62.3 Å². The van der Waals surface area contributed by atoms with Crippen LogP contribution in [-0.4, -0.2) is 48.8 Å². The van der Waals surface area contributed by atoms with Crippen LogP contribution in [0.2, 0.25) is 0 Å². The van der Waals surface area contributed by atoms with Crippen molar-refractivity contribution in [2.45, 2.75) is 50.5 Å². The van der Waals surface area contributed by atoms with Crippen molar-refractivity contribution < 1.29 is 17.7 Å². The lowest BCUT2D eigenvalue weighted by atomic mass is 9.96. The van der Waals surface area contributed by atoms with E-state index in [0.29, 0.717) is 43.1 Å². The van der Waals surface area contributed by atoms with E-state index >= 15 is 0 Å². The van der Waals surface area contributed by atoms with Gasteiger partial charge in [-0.15, -0.1) is 0 Å². The quantitative estimate of drug-likeness (QED) is 0.746. The van der Waals surface area contributed by atoms with E-state index in [0.717, 1.165) is 30.5 Å².